The van der Waals surface area contributed by atoms with E-state index in [1.165, 1.54) is 0 Å². The Morgan fingerprint density at radius 1 is 1.25 bits per heavy atom. The molecule has 78 valence electrons. The van der Waals surface area contributed by atoms with E-state index in [0.717, 1.165) is 16.5 Å². The lowest BCUT2D eigenvalue weighted by molar-refractivity contribution is 0.254. The molecule has 0 atom stereocenters. The molecule has 1 aliphatic heterocycles. The molecular formula is C11H7N3OS. The van der Waals surface area contributed by atoms with Gasteiger partial charge in [0, 0.05) is 22.7 Å². The van der Waals surface area contributed by atoms with Crippen LogP contribution in [0.4, 0.5) is 4.79 Å². The predicted molar refractivity (Wildman–Crippen MR) is 66.0 cm³/mol. The number of fused-ring (bicyclic) bond motifs is 1. The van der Waals surface area contributed by atoms with Gasteiger partial charge in [0.25, 0.3) is 0 Å². The number of H-pyrrole nitrogens is 1. The summed E-state index contributed by atoms with van der Waals surface area (Å²) in [6.45, 7) is 0. The zero-order chi connectivity index (χ0) is 11.1. The maximum atomic E-state index is 11.1. The summed E-state index contributed by atoms with van der Waals surface area (Å²) in [5, 5.41) is 3.51. The highest BCUT2D eigenvalue weighted by atomic mass is 32.1. The number of thiocarbonyl (C=S) groups is 1. The predicted octanol–water partition coefficient (Wildman–Crippen LogP) is 2.01. The van der Waals surface area contributed by atoms with Gasteiger partial charge in [0.15, 0.2) is 0 Å². The van der Waals surface area contributed by atoms with Gasteiger partial charge in [-0.2, -0.15) is 4.99 Å². The Hall–Kier alpha value is -2.01. The molecule has 0 fully saturated rings. The minimum atomic E-state index is -0.398. The molecule has 2 N–H and O–H groups in total. The summed E-state index contributed by atoms with van der Waals surface area (Å²) in [6, 6.07) is 7.42. The Morgan fingerprint density at radius 3 is 2.81 bits per heavy atom. The summed E-state index contributed by atoms with van der Waals surface area (Å²) < 4.78 is 0. The van der Waals surface area contributed by atoms with Crippen molar-refractivity contribution in [3.05, 3.63) is 36.0 Å². The van der Waals surface area contributed by atoms with Crippen LogP contribution < -0.4 is 5.32 Å². The molecule has 0 radical (unpaired) electrons. The number of nitrogens with one attached hydrogen (secondary N) is 2. The lowest BCUT2D eigenvalue weighted by Crippen LogP contribution is -2.23. The fourth-order valence-electron chi connectivity index (χ4n) is 1.79. The summed E-state index contributed by atoms with van der Waals surface area (Å²) in [5.74, 6) is 0. The van der Waals surface area contributed by atoms with Crippen LogP contribution in [0.2, 0.25) is 0 Å². The van der Waals surface area contributed by atoms with Crippen molar-refractivity contribution >= 4 is 39.9 Å². The van der Waals surface area contributed by atoms with E-state index in [-0.39, 0.29) is 0 Å². The maximum Gasteiger partial charge on any atom is 0.346 e. The van der Waals surface area contributed by atoms with Gasteiger partial charge in [-0.05, 0) is 6.07 Å². The van der Waals surface area contributed by atoms with Crippen molar-refractivity contribution in [2.24, 2.45) is 4.99 Å². The molecule has 0 saturated carbocycles. The van der Waals surface area contributed by atoms with E-state index in [4.69, 9.17) is 12.2 Å². The Balaban J connectivity index is 2.24. The van der Waals surface area contributed by atoms with Crippen LogP contribution in [-0.4, -0.2) is 21.7 Å². The smallest absolute Gasteiger partial charge is 0.346 e. The molecule has 0 unspecified atom stereocenters. The summed E-state index contributed by atoms with van der Waals surface area (Å²) in [7, 11) is 0. The standard InChI is InChI=1S/C11H7N3OS/c15-11-13-9(10(16)14-11)7-5-12-8-4-2-1-3-6(7)8/h1-5,12H,(H,14,15,16). The lowest BCUT2D eigenvalue weighted by Gasteiger charge is -1.97. The van der Waals surface area contributed by atoms with Crippen LogP contribution >= 0.6 is 12.2 Å². The minimum Gasteiger partial charge on any atom is -0.360 e. The Labute approximate surface area is 96.4 Å². The van der Waals surface area contributed by atoms with Crippen LogP contribution in [0.5, 0.6) is 0 Å². The van der Waals surface area contributed by atoms with Crippen LogP contribution in [0, 0.1) is 0 Å². The summed E-state index contributed by atoms with van der Waals surface area (Å²) in [4.78, 5) is 18.5. The molecule has 4 nitrogen and oxygen atoms in total. The number of aromatic amines is 1. The average Bonchev–Trinajstić information content (AvgIpc) is 2.81. The van der Waals surface area contributed by atoms with Gasteiger partial charge >= 0.3 is 6.03 Å². The molecule has 1 aromatic carbocycles. The first kappa shape index (κ1) is 9.23. The third-order valence-corrected chi connectivity index (χ3v) is 2.79. The van der Waals surface area contributed by atoms with Gasteiger partial charge < -0.3 is 4.98 Å². The molecule has 3 rings (SSSR count). The van der Waals surface area contributed by atoms with Gasteiger partial charge in [0.05, 0.1) is 0 Å². The number of aromatic nitrogens is 1. The molecule has 1 aliphatic rings. The first-order chi connectivity index (χ1) is 7.75. The topological polar surface area (TPSA) is 57.2 Å². The maximum absolute atomic E-state index is 11.1. The van der Waals surface area contributed by atoms with Gasteiger partial charge in [-0.15, -0.1) is 0 Å². The minimum absolute atomic E-state index is 0.384. The van der Waals surface area contributed by atoms with E-state index in [2.05, 4.69) is 15.3 Å². The van der Waals surface area contributed by atoms with Crippen LogP contribution in [-0.2, 0) is 0 Å². The summed E-state index contributed by atoms with van der Waals surface area (Å²) >= 11 is 5.05. The van der Waals surface area contributed by atoms with E-state index in [1.807, 2.05) is 30.5 Å². The van der Waals surface area contributed by atoms with Crippen molar-refractivity contribution in [2.45, 2.75) is 0 Å². The molecule has 2 amide bonds. The number of hydrogen-bond donors (Lipinski definition) is 2. The number of para-hydroxylation sites is 1. The SMILES string of the molecule is O=C1N=C(c2c[nH]c3ccccc23)C(=S)N1. The second-order valence-corrected chi connectivity index (χ2v) is 3.88. The third-order valence-electron chi connectivity index (χ3n) is 2.49. The molecule has 0 aliphatic carbocycles. The number of carbonyl (C=O) groups excluding carboxylic acids is 1. The van der Waals surface area contributed by atoms with E-state index in [9.17, 15) is 4.79 Å². The monoisotopic (exact) mass is 229 g/mol. The molecular weight excluding hydrogens is 222 g/mol. The van der Waals surface area contributed by atoms with Crippen LogP contribution in [0.3, 0.4) is 0 Å². The van der Waals surface area contributed by atoms with Gasteiger partial charge in [-0.3, -0.25) is 5.32 Å². The summed E-state index contributed by atoms with van der Waals surface area (Å²) in [5.41, 5.74) is 2.40. The molecule has 0 saturated heterocycles. The Bertz CT molecular complexity index is 641. The van der Waals surface area contributed by atoms with Gasteiger partial charge in [0.2, 0.25) is 0 Å². The first-order valence-corrected chi connectivity index (χ1v) is 5.17. The van der Waals surface area contributed by atoms with Crippen molar-refractivity contribution in [1.29, 1.82) is 0 Å². The second kappa shape index (κ2) is 3.24. The van der Waals surface area contributed by atoms with Crippen molar-refractivity contribution in [2.75, 3.05) is 0 Å². The fourth-order valence-corrected chi connectivity index (χ4v) is 2.03. The number of urea groups is 1. The Kier molecular flexibility index (Phi) is 1.87. The van der Waals surface area contributed by atoms with Crippen molar-refractivity contribution in [3.8, 4) is 0 Å². The molecule has 1 aromatic heterocycles. The number of rotatable bonds is 1. The van der Waals surface area contributed by atoms with Crippen LogP contribution in [0.1, 0.15) is 5.56 Å². The Morgan fingerprint density at radius 2 is 2.06 bits per heavy atom. The number of hydrogen-bond acceptors (Lipinski definition) is 2. The largest absolute Gasteiger partial charge is 0.360 e. The number of aliphatic imine (C=N–C) groups is 1. The van der Waals surface area contributed by atoms with Gasteiger partial charge in [0.1, 0.15) is 10.7 Å². The number of nitrogens with zero attached hydrogens (tertiary/aromatic N) is 1. The number of benzene rings is 1. The van der Waals surface area contributed by atoms with Gasteiger partial charge in [-0.1, -0.05) is 30.4 Å². The third kappa shape index (κ3) is 1.25. The van der Waals surface area contributed by atoms with Crippen molar-refractivity contribution in [1.82, 2.24) is 10.3 Å². The normalized spacial score (nSPS) is 15.4. The molecule has 16 heavy (non-hydrogen) atoms. The highest BCUT2D eigenvalue weighted by Crippen LogP contribution is 2.20. The molecule has 2 heterocycles. The van der Waals surface area contributed by atoms with E-state index >= 15 is 0 Å². The average molecular weight is 229 g/mol. The zero-order valence-corrected chi connectivity index (χ0v) is 8.97. The van der Waals surface area contributed by atoms with Crippen LogP contribution in [0.15, 0.2) is 35.5 Å². The fraction of sp³-hybridized carbons (Fsp3) is 0. The lowest BCUT2D eigenvalue weighted by atomic mass is 10.1. The highest BCUT2D eigenvalue weighted by Gasteiger charge is 2.22. The second-order valence-electron chi connectivity index (χ2n) is 3.47. The molecule has 5 heteroatoms. The molecule has 0 spiro atoms. The quantitative estimate of drug-likeness (QED) is 0.735. The molecule has 0 bridgehead atoms. The highest BCUT2D eigenvalue weighted by molar-refractivity contribution is 7.82. The van der Waals surface area contributed by atoms with Crippen molar-refractivity contribution < 1.29 is 4.79 Å². The van der Waals surface area contributed by atoms with Crippen LogP contribution in [0.25, 0.3) is 10.9 Å². The molecule has 2 aromatic rings. The van der Waals surface area contributed by atoms with Crippen molar-refractivity contribution in [3.63, 3.8) is 0 Å². The van der Waals surface area contributed by atoms with Gasteiger partial charge in [-0.25, -0.2) is 4.79 Å². The first-order valence-electron chi connectivity index (χ1n) is 4.76. The van der Waals surface area contributed by atoms with E-state index < -0.39 is 6.03 Å². The summed E-state index contributed by atoms with van der Waals surface area (Å²) in [6.07, 6.45) is 1.82. The van der Waals surface area contributed by atoms with E-state index in [1.54, 1.807) is 0 Å². The van der Waals surface area contributed by atoms with E-state index in [0.29, 0.717) is 10.7 Å². The number of amides is 2. The zero-order valence-electron chi connectivity index (χ0n) is 8.15. The number of carbonyl (C=O) groups is 1.